The van der Waals surface area contributed by atoms with Gasteiger partial charge in [0, 0.05) is 16.3 Å². The van der Waals surface area contributed by atoms with E-state index in [1.54, 1.807) is 16.7 Å². The van der Waals surface area contributed by atoms with Crippen molar-refractivity contribution in [1.29, 1.82) is 0 Å². The van der Waals surface area contributed by atoms with E-state index < -0.39 is 0 Å². The number of para-hydroxylation sites is 1. The molecule has 1 atom stereocenters. The van der Waals surface area contributed by atoms with Gasteiger partial charge in [-0.1, -0.05) is 61.5 Å². The summed E-state index contributed by atoms with van der Waals surface area (Å²) in [6, 6.07) is 15.3. The van der Waals surface area contributed by atoms with Crippen LogP contribution in [0.25, 0.3) is 0 Å². The monoisotopic (exact) mass is 397 g/mol. The predicted molar refractivity (Wildman–Crippen MR) is 113 cm³/mol. The Morgan fingerprint density at radius 2 is 1.89 bits per heavy atom. The lowest BCUT2D eigenvalue weighted by Gasteiger charge is -2.25. The zero-order valence-corrected chi connectivity index (χ0v) is 16.8. The number of benzene rings is 2. The van der Waals surface area contributed by atoms with Crippen molar-refractivity contribution in [2.45, 2.75) is 32.1 Å². The van der Waals surface area contributed by atoms with Gasteiger partial charge in [-0.05, 0) is 42.2 Å². The number of carbonyl (C=O) groups is 1. The first-order valence-corrected chi connectivity index (χ1v) is 10.4. The van der Waals surface area contributed by atoms with Crippen LogP contribution in [-0.4, -0.2) is 27.9 Å². The standard InChI is InChI=1S/C21H20ClN3OS/c1-13(2)11-18-20(26)25-19(23-18)16-5-3-4-6-17(16)24-21(25)27-12-14-7-9-15(22)10-8-14/h3-10,13,18H,11-12H2,1-2H3/t18-/m1/s1. The van der Waals surface area contributed by atoms with Crippen molar-refractivity contribution in [3.63, 3.8) is 0 Å². The third-order valence-electron chi connectivity index (χ3n) is 4.52. The minimum Gasteiger partial charge on any atom is -0.271 e. The van der Waals surface area contributed by atoms with Crippen molar-refractivity contribution in [3.8, 4) is 0 Å². The highest BCUT2D eigenvalue weighted by atomic mass is 35.5. The summed E-state index contributed by atoms with van der Waals surface area (Å²) < 4.78 is 0. The summed E-state index contributed by atoms with van der Waals surface area (Å²) in [6.45, 7) is 4.23. The molecular weight excluding hydrogens is 378 g/mol. The van der Waals surface area contributed by atoms with Crippen LogP contribution < -0.4 is 0 Å². The average molecular weight is 398 g/mol. The summed E-state index contributed by atoms with van der Waals surface area (Å²) >= 11 is 7.52. The maximum absolute atomic E-state index is 13.1. The molecule has 0 saturated heterocycles. The number of rotatable bonds is 4. The van der Waals surface area contributed by atoms with Crippen LogP contribution in [0.1, 0.15) is 31.4 Å². The van der Waals surface area contributed by atoms with Gasteiger partial charge >= 0.3 is 0 Å². The van der Waals surface area contributed by atoms with Gasteiger partial charge in [-0.2, -0.15) is 0 Å². The molecule has 0 spiro atoms. The largest absolute Gasteiger partial charge is 0.271 e. The summed E-state index contributed by atoms with van der Waals surface area (Å²) in [5.74, 6) is 1.87. The Bertz CT molecular complexity index is 937. The number of aliphatic imine (C=N–C) groups is 2. The summed E-state index contributed by atoms with van der Waals surface area (Å²) in [5.41, 5.74) is 2.92. The Balaban J connectivity index is 1.65. The molecule has 0 saturated carbocycles. The van der Waals surface area contributed by atoms with E-state index in [9.17, 15) is 4.79 Å². The molecule has 2 aliphatic heterocycles. The van der Waals surface area contributed by atoms with Crippen LogP contribution in [0.15, 0.2) is 58.5 Å². The lowest BCUT2D eigenvalue weighted by Crippen LogP contribution is -2.41. The van der Waals surface area contributed by atoms with Crippen molar-refractivity contribution in [2.75, 3.05) is 0 Å². The number of fused-ring (bicyclic) bond motifs is 3. The van der Waals surface area contributed by atoms with Gasteiger partial charge in [0.05, 0.1) is 5.69 Å². The molecule has 2 aliphatic rings. The quantitative estimate of drug-likeness (QED) is 0.704. The van der Waals surface area contributed by atoms with Crippen molar-refractivity contribution >= 4 is 46.0 Å². The third-order valence-corrected chi connectivity index (χ3v) is 5.79. The van der Waals surface area contributed by atoms with Gasteiger partial charge in [0.2, 0.25) is 0 Å². The fraction of sp³-hybridized carbons (Fsp3) is 0.286. The minimum absolute atomic E-state index is 0.0237. The maximum Gasteiger partial charge on any atom is 0.259 e. The Morgan fingerprint density at radius 1 is 1.15 bits per heavy atom. The van der Waals surface area contributed by atoms with Crippen LogP contribution in [0, 0.1) is 5.92 Å². The normalized spacial score (nSPS) is 18.3. The first-order valence-electron chi connectivity index (χ1n) is 9.00. The SMILES string of the molecule is CC(C)C[C@H]1N=C2c3ccccc3N=C(SCc3ccc(Cl)cc3)N2C1=O. The molecule has 0 radical (unpaired) electrons. The molecule has 0 unspecified atom stereocenters. The lowest BCUT2D eigenvalue weighted by atomic mass is 10.0. The number of amidine groups is 2. The number of halogens is 1. The highest BCUT2D eigenvalue weighted by Crippen LogP contribution is 2.35. The molecule has 2 heterocycles. The Kier molecular flexibility index (Phi) is 5.06. The van der Waals surface area contributed by atoms with Crippen LogP contribution in [0.5, 0.6) is 0 Å². The summed E-state index contributed by atoms with van der Waals surface area (Å²) in [6.07, 6.45) is 0.746. The molecule has 6 heteroatoms. The number of hydrogen-bond donors (Lipinski definition) is 0. The number of thioether (sulfide) groups is 1. The minimum atomic E-state index is -0.326. The van der Waals surface area contributed by atoms with Crippen molar-refractivity contribution in [3.05, 3.63) is 64.7 Å². The molecule has 2 aromatic carbocycles. The first-order chi connectivity index (χ1) is 13.0. The van der Waals surface area contributed by atoms with Crippen molar-refractivity contribution in [2.24, 2.45) is 15.9 Å². The molecule has 0 aromatic heterocycles. The van der Waals surface area contributed by atoms with Gasteiger partial charge in [-0.3, -0.25) is 9.79 Å². The second-order valence-corrected chi connectivity index (χ2v) is 8.48. The van der Waals surface area contributed by atoms with E-state index in [0.717, 1.165) is 29.1 Å². The Labute approximate surface area is 168 Å². The number of amides is 1. The van der Waals surface area contributed by atoms with E-state index in [-0.39, 0.29) is 11.9 Å². The van der Waals surface area contributed by atoms with Crippen LogP contribution >= 0.6 is 23.4 Å². The highest BCUT2D eigenvalue weighted by Gasteiger charge is 2.41. The fourth-order valence-electron chi connectivity index (χ4n) is 3.23. The topological polar surface area (TPSA) is 45.0 Å². The van der Waals surface area contributed by atoms with E-state index in [0.29, 0.717) is 21.9 Å². The molecule has 4 nitrogen and oxygen atoms in total. The molecule has 0 bridgehead atoms. The van der Waals surface area contributed by atoms with Crippen LogP contribution in [0.2, 0.25) is 5.02 Å². The number of hydrogen-bond acceptors (Lipinski definition) is 4. The van der Waals surface area contributed by atoms with Gasteiger partial charge in [0.15, 0.2) is 5.17 Å². The molecular formula is C21H20ClN3OS. The average Bonchev–Trinajstić information content (AvgIpc) is 2.97. The number of nitrogens with zero attached hydrogens (tertiary/aromatic N) is 3. The summed E-state index contributed by atoms with van der Waals surface area (Å²) in [5, 5.41) is 1.41. The molecule has 1 amide bonds. The van der Waals surface area contributed by atoms with Gasteiger partial charge in [0.25, 0.3) is 5.91 Å². The highest BCUT2D eigenvalue weighted by molar-refractivity contribution is 8.13. The molecule has 4 rings (SSSR count). The second-order valence-electron chi connectivity index (χ2n) is 7.10. The summed E-state index contributed by atoms with van der Waals surface area (Å²) in [4.78, 5) is 24.3. The van der Waals surface area contributed by atoms with Crippen LogP contribution in [0.4, 0.5) is 5.69 Å². The zero-order chi connectivity index (χ0) is 19.0. The van der Waals surface area contributed by atoms with Crippen molar-refractivity contribution in [1.82, 2.24) is 4.90 Å². The maximum atomic E-state index is 13.1. The molecule has 0 fully saturated rings. The fourth-order valence-corrected chi connectivity index (χ4v) is 4.31. The predicted octanol–water partition coefficient (Wildman–Crippen LogP) is 5.28. The summed E-state index contributed by atoms with van der Waals surface area (Å²) in [7, 11) is 0. The van der Waals surface area contributed by atoms with E-state index in [2.05, 4.69) is 13.8 Å². The first kappa shape index (κ1) is 18.3. The Hall–Kier alpha value is -2.11. The van der Waals surface area contributed by atoms with Crippen molar-refractivity contribution < 1.29 is 4.79 Å². The van der Waals surface area contributed by atoms with Gasteiger partial charge in [0.1, 0.15) is 11.9 Å². The Morgan fingerprint density at radius 3 is 2.63 bits per heavy atom. The van der Waals surface area contributed by atoms with Gasteiger partial charge in [-0.25, -0.2) is 9.89 Å². The van der Waals surface area contributed by atoms with Crippen LogP contribution in [0.3, 0.4) is 0 Å². The number of carbonyl (C=O) groups excluding carboxylic acids is 1. The van der Waals surface area contributed by atoms with E-state index in [4.69, 9.17) is 21.6 Å². The molecule has 0 aliphatic carbocycles. The van der Waals surface area contributed by atoms with Gasteiger partial charge in [-0.15, -0.1) is 0 Å². The lowest BCUT2D eigenvalue weighted by molar-refractivity contribution is -0.124. The van der Waals surface area contributed by atoms with Crippen LogP contribution in [-0.2, 0) is 10.5 Å². The van der Waals surface area contributed by atoms with E-state index in [1.165, 1.54) is 0 Å². The molecule has 2 aromatic rings. The molecule has 0 N–H and O–H groups in total. The molecule has 138 valence electrons. The van der Waals surface area contributed by atoms with E-state index in [1.807, 2.05) is 48.5 Å². The van der Waals surface area contributed by atoms with E-state index >= 15 is 0 Å². The smallest absolute Gasteiger partial charge is 0.259 e. The second kappa shape index (κ2) is 7.49. The third kappa shape index (κ3) is 3.66. The molecule has 27 heavy (non-hydrogen) atoms. The zero-order valence-electron chi connectivity index (χ0n) is 15.2. The van der Waals surface area contributed by atoms with Gasteiger partial charge < -0.3 is 0 Å².